The molecule has 1 aromatic carbocycles. The van der Waals surface area contributed by atoms with Crippen LogP contribution < -0.4 is 15.9 Å². The average Bonchev–Trinajstić information content (AvgIpc) is 3.09. The predicted molar refractivity (Wildman–Crippen MR) is 89.2 cm³/mol. The van der Waals surface area contributed by atoms with Crippen molar-refractivity contribution in [3.05, 3.63) is 58.5 Å². The zero-order valence-corrected chi connectivity index (χ0v) is 13.9. The van der Waals surface area contributed by atoms with Crippen LogP contribution in [-0.4, -0.2) is 43.1 Å². The van der Waals surface area contributed by atoms with Crippen LogP contribution in [0.1, 0.15) is 22.2 Å². The minimum Gasteiger partial charge on any atom is -0.468 e. The van der Waals surface area contributed by atoms with E-state index in [9.17, 15) is 14.4 Å². The van der Waals surface area contributed by atoms with Crippen LogP contribution in [0.3, 0.4) is 0 Å². The highest BCUT2D eigenvalue weighted by atomic mass is 16.3. The molecule has 0 saturated heterocycles. The van der Waals surface area contributed by atoms with Gasteiger partial charge in [-0.25, -0.2) is 4.99 Å². The molecular formula is C18H17N3O4. The van der Waals surface area contributed by atoms with E-state index >= 15 is 0 Å². The molecule has 0 spiro atoms. The van der Waals surface area contributed by atoms with E-state index in [-0.39, 0.29) is 11.9 Å². The van der Waals surface area contributed by atoms with Crippen LogP contribution in [0.4, 0.5) is 0 Å². The van der Waals surface area contributed by atoms with E-state index in [1.807, 2.05) is 25.1 Å². The molecule has 0 saturated carbocycles. The summed E-state index contributed by atoms with van der Waals surface area (Å²) in [6.07, 6.45) is 2.79. The Morgan fingerprint density at radius 1 is 1.28 bits per heavy atom. The molecule has 0 radical (unpaired) electrons. The fourth-order valence-electron chi connectivity index (χ4n) is 2.59. The van der Waals surface area contributed by atoms with E-state index in [1.165, 1.54) is 6.08 Å². The number of benzene rings is 1. The van der Waals surface area contributed by atoms with Gasteiger partial charge in [0, 0.05) is 23.4 Å². The molecule has 1 aliphatic rings. The summed E-state index contributed by atoms with van der Waals surface area (Å²) in [5.74, 6) is -1.00. The number of likely N-dealkylation sites (N-methyl/N-ethyl adjacent to an activating group) is 1. The van der Waals surface area contributed by atoms with Gasteiger partial charge in [-0.1, -0.05) is 0 Å². The fourth-order valence-corrected chi connectivity index (χ4v) is 2.59. The number of carbonyl (C=O) groups is 3. The van der Waals surface area contributed by atoms with Gasteiger partial charge < -0.3 is 9.73 Å². The first-order valence-electron chi connectivity index (χ1n) is 7.72. The summed E-state index contributed by atoms with van der Waals surface area (Å²) in [6, 6.07) is 8.24. The number of nitrogens with one attached hydrogen (secondary N) is 1. The van der Waals surface area contributed by atoms with Crippen molar-refractivity contribution in [2.24, 2.45) is 4.99 Å². The third-order valence-electron chi connectivity index (χ3n) is 3.96. The van der Waals surface area contributed by atoms with Gasteiger partial charge in [-0.05, 0) is 44.4 Å². The minimum absolute atomic E-state index is 0.0997. The number of furan rings is 1. The number of hydrogen-bond acceptors (Lipinski definition) is 5. The second-order valence-corrected chi connectivity index (χ2v) is 5.90. The number of nitrogens with zero attached hydrogens (tertiary/aromatic N) is 2. The molecule has 7 nitrogen and oxygen atoms in total. The molecule has 3 rings (SSSR count). The van der Waals surface area contributed by atoms with Gasteiger partial charge in [0.05, 0.1) is 17.7 Å². The molecule has 128 valence electrons. The predicted octanol–water partition coefficient (Wildman–Crippen LogP) is -0.178. The maximum absolute atomic E-state index is 12.4. The molecule has 2 amide bonds. The van der Waals surface area contributed by atoms with Crippen molar-refractivity contribution in [2.75, 3.05) is 20.6 Å². The van der Waals surface area contributed by atoms with Crippen LogP contribution in [0.2, 0.25) is 0 Å². The van der Waals surface area contributed by atoms with Crippen LogP contribution in [0.25, 0.3) is 6.08 Å². The highest BCUT2D eigenvalue weighted by molar-refractivity contribution is 6.48. The Morgan fingerprint density at radius 2 is 2.08 bits per heavy atom. The van der Waals surface area contributed by atoms with Crippen molar-refractivity contribution >= 4 is 23.7 Å². The van der Waals surface area contributed by atoms with Crippen molar-refractivity contribution in [1.29, 1.82) is 0 Å². The molecule has 0 fully saturated rings. The normalized spacial score (nSPS) is 14.5. The Hall–Kier alpha value is -3.06. The van der Waals surface area contributed by atoms with Gasteiger partial charge in [0.15, 0.2) is 0 Å². The Morgan fingerprint density at radius 3 is 2.76 bits per heavy atom. The maximum Gasteiger partial charge on any atom is 0.317 e. The summed E-state index contributed by atoms with van der Waals surface area (Å²) >= 11 is 0. The number of hydrogen-bond donors (Lipinski definition) is 1. The first kappa shape index (κ1) is 16.8. The average molecular weight is 339 g/mol. The summed E-state index contributed by atoms with van der Waals surface area (Å²) in [4.78, 5) is 40.8. The lowest BCUT2D eigenvalue weighted by Gasteiger charge is -2.22. The van der Waals surface area contributed by atoms with Crippen LogP contribution in [-0.2, 0) is 9.59 Å². The lowest BCUT2D eigenvalue weighted by atomic mass is 10.1. The minimum atomic E-state index is -0.794. The first-order valence-corrected chi connectivity index (χ1v) is 7.72. The van der Waals surface area contributed by atoms with Gasteiger partial charge in [0.2, 0.25) is 5.78 Å². The van der Waals surface area contributed by atoms with Gasteiger partial charge in [-0.2, -0.15) is 0 Å². The number of Topliss-reactive ketones (excluding diaryl/α,β-unsaturated/α-hetero) is 1. The highest BCUT2D eigenvalue weighted by Gasteiger charge is 2.19. The molecule has 7 heteroatoms. The molecule has 0 bridgehead atoms. The molecule has 1 aliphatic heterocycles. The van der Waals surface area contributed by atoms with E-state index in [0.717, 1.165) is 5.76 Å². The fraction of sp³-hybridized carbons (Fsp3) is 0.222. The van der Waals surface area contributed by atoms with E-state index in [4.69, 9.17) is 4.42 Å². The Bertz CT molecular complexity index is 945. The number of carbonyl (C=O) groups excluding carboxylic acids is 3. The van der Waals surface area contributed by atoms with Crippen molar-refractivity contribution in [1.82, 2.24) is 10.2 Å². The summed E-state index contributed by atoms with van der Waals surface area (Å²) in [5, 5.41) is 3.72. The van der Waals surface area contributed by atoms with Crippen LogP contribution in [0.15, 0.2) is 46.0 Å². The quantitative estimate of drug-likeness (QED) is 0.763. The van der Waals surface area contributed by atoms with Crippen molar-refractivity contribution < 1.29 is 18.8 Å². The Labute approximate surface area is 143 Å². The SMILES string of the molecule is CN(C)[C@H](CNC(=O)c1ccc2c(c1)=CC(=O)C(=O)N=2)c1ccco1. The summed E-state index contributed by atoms with van der Waals surface area (Å²) in [7, 11) is 3.80. The molecule has 0 unspecified atom stereocenters. The van der Waals surface area contributed by atoms with Crippen molar-refractivity contribution in [2.45, 2.75) is 6.04 Å². The summed E-state index contributed by atoms with van der Waals surface area (Å²) in [6.45, 7) is 0.363. The van der Waals surface area contributed by atoms with E-state index < -0.39 is 11.7 Å². The standard InChI is InChI=1S/C18H17N3O4/c1-21(2)14(16-4-3-7-25-16)10-19-17(23)11-5-6-13-12(8-11)9-15(22)18(24)20-13/h3-9,14H,10H2,1-2H3,(H,19,23)/t14-/m1/s1. The summed E-state index contributed by atoms with van der Waals surface area (Å²) in [5.41, 5.74) is 0.393. The molecule has 1 N–H and O–H groups in total. The Kier molecular flexibility index (Phi) is 4.58. The smallest absolute Gasteiger partial charge is 0.317 e. The van der Waals surface area contributed by atoms with Gasteiger partial charge in [0.1, 0.15) is 5.76 Å². The zero-order valence-electron chi connectivity index (χ0n) is 13.9. The zero-order chi connectivity index (χ0) is 18.0. The van der Waals surface area contributed by atoms with Crippen LogP contribution in [0, 0.1) is 0 Å². The molecular weight excluding hydrogens is 322 g/mol. The van der Waals surface area contributed by atoms with E-state index in [0.29, 0.717) is 22.7 Å². The molecule has 0 aliphatic carbocycles. The number of fused-ring (bicyclic) bond motifs is 1. The third kappa shape index (κ3) is 3.56. The number of ketones is 1. The molecule has 2 aromatic rings. The summed E-state index contributed by atoms with van der Waals surface area (Å²) < 4.78 is 5.41. The van der Waals surface area contributed by atoms with Crippen molar-refractivity contribution in [3.8, 4) is 0 Å². The highest BCUT2D eigenvalue weighted by Crippen LogP contribution is 2.17. The molecule has 1 aromatic heterocycles. The van der Waals surface area contributed by atoms with E-state index in [2.05, 4.69) is 10.3 Å². The second-order valence-electron chi connectivity index (χ2n) is 5.90. The van der Waals surface area contributed by atoms with Gasteiger partial charge in [0.25, 0.3) is 5.91 Å². The topological polar surface area (TPSA) is 92.0 Å². The number of rotatable bonds is 5. The van der Waals surface area contributed by atoms with Crippen LogP contribution >= 0.6 is 0 Å². The van der Waals surface area contributed by atoms with Crippen molar-refractivity contribution in [3.63, 3.8) is 0 Å². The van der Waals surface area contributed by atoms with Gasteiger partial charge in [-0.3, -0.25) is 19.3 Å². The Balaban J connectivity index is 1.77. The maximum atomic E-state index is 12.4. The van der Waals surface area contributed by atoms with Crippen LogP contribution in [0.5, 0.6) is 0 Å². The lowest BCUT2D eigenvalue weighted by molar-refractivity contribution is -0.132. The lowest BCUT2D eigenvalue weighted by Crippen LogP contribution is -2.37. The molecule has 2 heterocycles. The number of amides is 2. The third-order valence-corrected chi connectivity index (χ3v) is 3.96. The van der Waals surface area contributed by atoms with Gasteiger partial charge >= 0.3 is 5.91 Å². The second kappa shape index (κ2) is 6.82. The largest absolute Gasteiger partial charge is 0.468 e. The van der Waals surface area contributed by atoms with Gasteiger partial charge in [-0.15, -0.1) is 0 Å². The first-order chi connectivity index (χ1) is 12.0. The molecule has 1 atom stereocenters. The monoisotopic (exact) mass is 339 g/mol. The molecule has 25 heavy (non-hydrogen) atoms. The van der Waals surface area contributed by atoms with E-state index in [1.54, 1.807) is 30.5 Å².